The number of hydrogen-bond donors (Lipinski definition) is 4. The molecular weight excluding hydrogens is 126 g/mol. The molecule has 0 rings (SSSR count). The number of aliphatic hydroxyl groups is 2. The highest BCUT2D eigenvalue weighted by atomic mass is 28.2. The van der Waals surface area contributed by atoms with Gasteiger partial charge >= 0.3 is 0 Å². The molecule has 0 aliphatic rings. The normalized spacial score (nSPS) is 8.62. The van der Waals surface area contributed by atoms with Crippen LogP contribution >= 0.6 is 0 Å². The molecule has 0 unspecified atom stereocenters. The third-order valence-corrected chi connectivity index (χ3v) is 0.425. The first-order valence-corrected chi connectivity index (χ1v) is 3.17. The Morgan fingerprint density at radius 1 is 1.38 bits per heavy atom. The number of rotatable bonds is 2. The van der Waals surface area contributed by atoms with Gasteiger partial charge in [0.1, 0.15) is 10.5 Å². The summed E-state index contributed by atoms with van der Waals surface area (Å²) in [6.45, 7) is 0.331. The largest absolute Gasteiger partial charge is 0.442 e. The van der Waals surface area contributed by atoms with E-state index in [9.17, 15) is 0 Å². The second-order valence-corrected chi connectivity index (χ2v) is 1.06. The predicted molar refractivity (Wildman–Crippen MR) is 34.1 cm³/mol. The molecule has 0 fully saturated rings. The summed E-state index contributed by atoms with van der Waals surface area (Å²) in [5.41, 5.74) is 4.91. The van der Waals surface area contributed by atoms with Crippen LogP contribution in [0.2, 0.25) is 0 Å². The molecular formula is C3H13NO3Si. The maximum Gasteiger partial charge on any atom is 0.152 e. The van der Waals surface area contributed by atoms with Gasteiger partial charge in [-0.25, -0.2) is 0 Å². The molecule has 0 aromatic heterocycles. The SMILES string of the molecule is NCCC(O)O.O[SiH3]. The number of hydrogen-bond acceptors (Lipinski definition) is 4. The lowest BCUT2D eigenvalue weighted by molar-refractivity contribution is -0.0430. The van der Waals surface area contributed by atoms with Gasteiger partial charge in [0.25, 0.3) is 0 Å². The Hall–Kier alpha value is 0.0569. The van der Waals surface area contributed by atoms with Gasteiger partial charge in [-0.1, -0.05) is 0 Å². The quantitative estimate of drug-likeness (QED) is 0.241. The highest BCUT2D eigenvalue weighted by molar-refractivity contribution is 5.95. The van der Waals surface area contributed by atoms with Crippen LogP contribution in [0.5, 0.6) is 0 Å². The highest BCUT2D eigenvalue weighted by Gasteiger charge is 1.89. The van der Waals surface area contributed by atoms with Crippen molar-refractivity contribution in [3.05, 3.63) is 0 Å². The molecule has 5 heteroatoms. The lowest BCUT2D eigenvalue weighted by atomic mass is 10.4. The van der Waals surface area contributed by atoms with Crippen molar-refractivity contribution in [2.75, 3.05) is 6.54 Å². The average Bonchev–Trinajstić information content (AvgIpc) is 1.72. The first kappa shape index (κ1) is 10.9. The summed E-state index contributed by atoms with van der Waals surface area (Å²) in [5.74, 6) is 0. The van der Waals surface area contributed by atoms with Crippen LogP contribution in [-0.4, -0.2) is 38.3 Å². The van der Waals surface area contributed by atoms with Crippen LogP contribution in [0.4, 0.5) is 0 Å². The summed E-state index contributed by atoms with van der Waals surface area (Å²) < 4.78 is 0. The molecule has 0 spiro atoms. The van der Waals surface area contributed by atoms with E-state index >= 15 is 0 Å². The molecule has 0 aromatic carbocycles. The lowest BCUT2D eigenvalue weighted by Gasteiger charge is -1.95. The monoisotopic (exact) mass is 139 g/mol. The summed E-state index contributed by atoms with van der Waals surface area (Å²) in [6, 6.07) is 0. The molecule has 0 radical (unpaired) electrons. The number of aliphatic hydroxyl groups excluding tert-OH is 1. The van der Waals surface area contributed by atoms with E-state index in [1.807, 2.05) is 0 Å². The van der Waals surface area contributed by atoms with E-state index in [0.717, 1.165) is 0 Å². The maximum absolute atomic E-state index is 8.03. The van der Waals surface area contributed by atoms with Crippen molar-refractivity contribution in [1.29, 1.82) is 0 Å². The van der Waals surface area contributed by atoms with Crippen LogP contribution in [0.25, 0.3) is 0 Å². The van der Waals surface area contributed by atoms with Crippen molar-refractivity contribution >= 4 is 10.5 Å². The Balaban J connectivity index is 0. The van der Waals surface area contributed by atoms with E-state index in [2.05, 4.69) is 0 Å². The summed E-state index contributed by atoms with van der Waals surface area (Å²) in [4.78, 5) is 7.14. The Bertz CT molecular complexity index is 35.7. The van der Waals surface area contributed by atoms with E-state index in [1.54, 1.807) is 0 Å². The summed E-state index contributed by atoms with van der Waals surface area (Å²) in [6.07, 6.45) is -0.963. The fourth-order valence-electron chi connectivity index (χ4n) is 0.149. The van der Waals surface area contributed by atoms with E-state index < -0.39 is 6.29 Å². The summed E-state index contributed by atoms with van der Waals surface area (Å²) in [5, 5.41) is 16.1. The third kappa shape index (κ3) is 16.6. The van der Waals surface area contributed by atoms with Gasteiger partial charge in [-0.05, 0) is 6.54 Å². The molecule has 0 bridgehead atoms. The van der Waals surface area contributed by atoms with Gasteiger partial charge in [-0.15, -0.1) is 0 Å². The van der Waals surface area contributed by atoms with Crippen molar-refractivity contribution in [1.82, 2.24) is 0 Å². The van der Waals surface area contributed by atoms with Crippen molar-refractivity contribution in [3.63, 3.8) is 0 Å². The fourth-order valence-corrected chi connectivity index (χ4v) is 0.149. The van der Waals surface area contributed by atoms with Crippen LogP contribution in [-0.2, 0) is 0 Å². The standard InChI is InChI=1S/C3H9NO2.H4OSi/c4-2-1-3(5)6;1-2/h3,5-6H,1-2,4H2;1H,2H3. The fraction of sp³-hybridized carbons (Fsp3) is 1.00. The molecule has 0 atom stereocenters. The van der Waals surface area contributed by atoms with E-state index in [4.69, 9.17) is 20.7 Å². The molecule has 0 saturated heterocycles. The van der Waals surface area contributed by atoms with Gasteiger partial charge in [-0.2, -0.15) is 0 Å². The van der Waals surface area contributed by atoms with Gasteiger partial charge in [0, 0.05) is 6.42 Å². The van der Waals surface area contributed by atoms with Crippen LogP contribution in [0.1, 0.15) is 6.42 Å². The van der Waals surface area contributed by atoms with E-state index in [-0.39, 0.29) is 6.42 Å². The van der Waals surface area contributed by atoms with Gasteiger partial charge < -0.3 is 20.7 Å². The molecule has 0 heterocycles. The van der Waals surface area contributed by atoms with Crippen molar-refractivity contribution in [2.45, 2.75) is 12.7 Å². The van der Waals surface area contributed by atoms with Crippen molar-refractivity contribution in [3.8, 4) is 0 Å². The average molecular weight is 139 g/mol. The lowest BCUT2D eigenvalue weighted by Crippen LogP contribution is -2.11. The van der Waals surface area contributed by atoms with Crippen molar-refractivity contribution < 1.29 is 15.0 Å². The smallest absolute Gasteiger partial charge is 0.152 e. The van der Waals surface area contributed by atoms with Gasteiger partial charge in [-0.3, -0.25) is 0 Å². The molecule has 0 aromatic rings. The van der Waals surface area contributed by atoms with Crippen LogP contribution in [0.3, 0.4) is 0 Å². The molecule has 52 valence electrons. The molecule has 0 amide bonds. The first-order valence-electron chi connectivity index (χ1n) is 2.28. The molecule has 0 saturated carbocycles. The molecule has 4 nitrogen and oxygen atoms in total. The molecule has 5 N–H and O–H groups in total. The summed E-state index contributed by atoms with van der Waals surface area (Å²) in [7, 11) is 0.306. The molecule has 0 aliphatic heterocycles. The minimum absolute atomic E-state index is 0.264. The van der Waals surface area contributed by atoms with Crippen LogP contribution < -0.4 is 5.73 Å². The van der Waals surface area contributed by atoms with E-state index in [0.29, 0.717) is 17.0 Å². The van der Waals surface area contributed by atoms with Crippen LogP contribution in [0.15, 0.2) is 0 Å². The Morgan fingerprint density at radius 3 is 1.75 bits per heavy atom. The Kier molecular flexibility index (Phi) is 13.8. The van der Waals surface area contributed by atoms with Gasteiger partial charge in [0.2, 0.25) is 0 Å². The maximum atomic E-state index is 8.03. The zero-order valence-corrected chi connectivity index (χ0v) is 6.91. The second kappa shape index (κ2) is 10.1. The minimum atomic E-state index is -1.23. The zero-order valence-electron chi connectivity index (χ0n) is 4.91. The minimum Gasteiger partial charge on any atom is -0.442 e. The van der Waals surface area contributed by atoms with Gasteiger partial charge in [0.15, 0.2) is 6.29 Å². The first-order chi connectivity index (χ1) is 3.77. The predicted octanol–water partition coefficient (Wildman–Crippen LogP) is -3.09. The Morgan fingerprint density at radius 2 is 1.75 bits per heavy atom. The third-order valence-electron chi connectivity index (χ3n) is 0.425. The zero-order chi connectivity index (χ0) is 6.99. The highest BCUT2D eigenvalue weighted by Crippen LogP contribution is 1.77. The van der Waals surface area contributed by atoms with Gasteiger partial charge in [0.05, 0.1) is 0 Å². The second-order valence-electron chi connectivity index (χ2n) is 1.06. The van der Waals surface area contributed by atoms with Crippen molar-refractivity contribution in [2.24, 2.45) is 5.73 Å². The molecule has 8 heavy (non-hydrogen) atoms. The number of nitrogens with two attached hydrogens (primary N) is 1. The topological polar surface area (TPSA) is 86.7 Å². The van der Waals surface area contributed by atoms with E-state index in [1.165, 1.54) is 0 Å². The molecule has 0 aliphatic carbocycles. The Labute approximate surface area is 51.5 Å². The summed E-state index contributed by atoms with van der Waals surface area (Å²) >= 11 is 0. The van der Waals surface area contributed by atoms with Crippen LogP contribution in [0, 0.1) is 0 Å².